The summed E-state index contributed by atoms with van der Waals surface area (Å²) in [7, 11) is -3.56. The molecule has 29 heavy (non-hydrogen) atoms. The van der Waals surface area contributed by atoms with Gasteiger partial charge in [-0.05, 0) is 51.0 Å². The summed E-state index contributed by atoms with van der Waals surface area (Å²) in [6, 6.07) is 5.45. The lowest BCUT2D eigenvalue weighted by molar-refractivity contribution is -0.138. The summed E-state index contributed by atoms with van der Waals surface area (Å²) in [6.07, 6.45) is 1.68. The molecule has 0 saturated carbocycles. The van der Waals surface area contributed by atoms with E-state index in [1.807, 2.05) is 0 Å². The van der Waals surface area contributed by atoms with E-state index in [4.69, 9.17) is 4.74 Å². The molecule has 1 fully saturated rings. The maximum Gasteiger partial charge on any atom is 0.338 e. The molecule has 1 aromatic carbocycles. The summed E-state index contributed by atoms with van der Waals surface area (Å²) in [5.41, 5.74) is 0.143. The van der Waals surface area contributed by atoms with E-state index in [1.54, 1.807) is 13.8 Å². The number of esters is 1. The molecule has 2 amide bonds. The van der Waals surface area contributed by atoms with E-state index in [0.717, 1.165) is 12.8 Å². The van der Waals surface area contributed by atoms with Crippen molar-refractivity contribution >= 4 is 27.8 Å². The van der Waals surface area contributed by atoms with Crippen LogP contribution in [0.5, 0.6) is 0 Å². The van der Waals surface area contributed by atoms with Crippen molar-refractivity contribution in [1.29, 1.82) is 0 Å². The Hall–Kier alpha value is -2.46. The van der Waals surface area contributed by atoms with Crippen LogP contribution in [-0.4, -0.2) is 74.7 Å². The molecule has 1 N–H and O–H groups in total. The number of hydrogen-bond donors (Lipinski definition) is 1. The SMILES string of the molecule is CCNC(=O)CN(CC)C(=O)COC(=O)c1ccc(S(=O)(=O)N2CCCC2)cc1. The highest BCUT2D eigenvalue weighted by Gasteiger charge is 2.27. The monoisotopic (exact) mass is 425 g/mol. The Labute approximate surface area is 171 Å². The largest absolute Gasteiger partial charge is 0.452 e. The first-order chi connectivity index (χ1) is 13.8. The molecule has 160 valence electrons. The van der Waals surface area contributed by atoms with Crippen LogP contribution in [0.25, 0.3) is 0 Å². The van der Waals surface area contributed by atoms with Crippen molar-refractivity contribution in [1.82, 2.24) is 14.5 Å². The average molecular weight is 426 g/mol. The third-order valence-corrected chi connectivity index (χ3v) is 6.48. The van der Waals surface area contributed by atoms with E-state index in [9.17, 15) is 22.8 Å². The zero-order chi connectivity index (χ0) is 21.4. The van der Waals surface area contributed by atoms with Crippen LogP contribution < -0.4 is 5.32 Å². The van der Waals surface area contributed by atoms with Gasteiger partial charge in [0.2, 0.25) is 15.9 Å². The summed E-state index contributed by atoms with van der Waals surface area (Å²) >= 11 is 0. The van der Waals surface area contributed by atoms with Crippen LogP contribution in [0.1, 0.15) is 37.0 Å². The number of rotatable bonds is 9. The number of nitrogens with one attached hydrogen (secondary N) is 1. The van der Waals surface area contributed by atoms with Crippen molar-refractivity contribution in [2.45, 2.75) is 31.6 Å². The summed E-state index contributed by atoms with van der Waals surface area (Å²) in [4.78, 5) is 37.4. The summed E-state index contributed by atoms with van der Waals surface area (Å²) < 4.78 is 31.4. The summed E-state index contributed by atoms with van der Waals surface area (Å²) in [5, 5.41) is 2.60. The third kappa shape index (κ3) is 6.01. The second kappa shape index (κ2) is 10.4. The molecular formula is C19H27N3O6S. The number of benzene rings is 1. The normalized spacial score (nSPS) is 14.4. The number of amides is 2. The molecule has 0 atom stereocenters. The Balaban J connectivity index is 1.93. The van der Waals surface area contributed by atoms with Gasteiger partial charge in [-0.2, -0.15) is 4.31 Å². The predicted molar refractivity (Wildman–Crippen MR) is 106 cm³/mol. The number of sulfonamides is 1. The molecule has 1 aromatic rings. The van der Waals surface area contributed by atoms with E-state index < -0.39 is 28.5 Å². The minimum absolute atomic E-state index is 0.107. The van der Waals surface area contributed by atoms with E-state index >= 15 is 0 Å². The number of carbonyl (C=O) groups is 3. The maximum atomic E-state index is 12.5. The fraction of sp³-hybridized carbons (Fsp3) is 0.526. The van der Waals surface area contributed by atoms with E-state index in [0.29, 0.717) is 26.2 Å². The fourth-order valence-electron chi connectivity index (χ4n) is 2.95. The minimum atomic E-state index is -3.56. The number of carbonyl (C=O) groups excluding carboxylic acids is 3. The quantitative estimate of drug-likeness (QED) is 0.580. The number of nitrogens with zero attached hydrogens (tertiary/aromatic N) is 2. The molecule has 0 aromatic heterocycles. The van der Waals surface area contributed by atoms with Gasteiger partial charge in [-0.25, -0.2) is 13.2 Å². The van der Waals surface area contributed by atoms with Gasteiger partial charge < -0.3 is 15.0 Å². The molecule has 1 heterocycles. The number of likely N-dealkylation sites (N-methyl/N-ethyl adjacent to an activating group) is 2. The lowest BCUT2D eigenvalue weighted by Crippen LogP contribution is -2.42. The minimum Gasteiger partial charge on any atom is -0.452 e. The van der Waals surface area contributed by atoms with Crippen LogP contribution in [0, 0.1) is 0 Å². The first kappa shape index (κ1) is 22.8. The summed E-state index contributed by atoms with van der Waals surface area (Å²) in [6.45, 7) is 4.65. The van der Waals surface area contributed by atoms with Gasteiger partial charge in [0.25, 0.3) is 5.91 Å². The lowest BCUT2D eigenvalue weighted by Gasteiger charge is -2.20. The number of ether oxygens (including phenoxy) is 1. The second-order valence-corrected chi connectivity index (χ2v) is 8.51. The van der Waals surface area contributed by atoms with Gasteiger partial charge in [0.05, 0.1) is 17.0 Å². The van der Waals surface area contributed by atoms with Crippen molar-refractivity contribution in [2.24, 2.45) is 0 Å². The smallest absolute Gasteiger partial charge is 0.338 e. The van der Waals surface area contributed by atoms with Crippen molar-refractivity contribution in [3.05, 3.63) is 29.8 Å². The molecule has 2 rings (SSSR count). The van der Waals surface area contributed by atoms with Crippen LogP contribution in [0.3, 0.4) is 0 Å². The van der Waals surface area contributed by atoms with Gasteiger partial charge in [0, 0.05) is 26.2 Å². The van der Waals surface area contributed by atoms with Gasteiger partial charge in [-0.3, -0.25) is 9.59 Å². The predicted octanol–water partition coefficient (Wildman–Crippen LogP) is 0.613. The van der Waals surface area contributed by atoms with Crippen LogP contribution in [0.2, 0.25) is 0 Å². The van der Waals surface area contributed by atoms with E-state index in [2.05, 4.69) is 5.32 Å². The Morgan fingerprint density at radius 2 is 1.72 bits per heavy atom. The fourth-order valence-corrected chi connectivity index (χ4v) is 4.46. The Morgan fingerprint density at radius 3 is 2.28 bits per heavy atom. The van der Waals surface area contributed by atoms with Gasteiger partial charge >= 0.3 is 5.97 Å². The Bertz CT molecular complexity index is 832. The zero-order valence-electron chi connectivity index (χ0n) is 16.7. The zero-order valence-corrected chi connectivity index (χ0v) is 17.5. The van der Waals surface area contributed by atoms with Crippen molar-refractivity contribution in [3.8, 4) is 0 Å². The van der Waals surface area contributed by atoms with Crippen LogP contribution in [-0.2, 0) is 24.3 Å². The Kier molecular flexibility index (Phi) is 8.15. The molecule has 0 spiro atoms. The molecule has 1 aliphatic heterocycles. The average Bonchev–Trinajstić information content (AvgIpc) is 3.26. The van der Waals surface area contributed by atoms with Crippen LogP contribution in [0.4, 0.5) is 0 Å². The molecule has 1 aliphatic rings. The highest BCUT2D eigenvalue weighted by Crippen LogP contribution is 2.21. The van der Waals surface area contributed by atoms with Crippen LogP contribution >= 0.6 is 0 Å². The molecule has 9 nitrogen and oxygen atoms in total. The molecule has 1 saturated heterocycles. The lowest BCUT2D eigenvalue weighted by atomic mass is 10.2. The van der Waals surface area contributed by atoms with Gasteiger partial charge in [-0.1, -0.05) is 0 Å². The molecule has 10 heteroatoms. The topological polar surface area (TPSA) is 113 Å². The van der Waals surface area contributed by atoms with Crippen molar-refractivity contribution in [2.75, 3.05) is 39.3 Å². The van der Waals surface area contributed by atoms with E-state index in [1.165, 1.54) is 33.5 Å². The molecule has 0 bridgehead atoms. The van der Waals surface area contributed by atoms with E-state index in [-0.39, 0.29) is 22.9 Å². The number of hydrogen-bond acceptors (Lipinski definition) is 6. The Morgan fingerprint density at radius 1 is 1.10 bits per heavy atom. The van der Waals surface area contributed by atoms with Gasteiger partial charge in [-0.15, -0.1) is 0 Å². The third-order valence-electron chi connectivity index (χ3n) is 4.56. The first-order valence-electron chi connectivity index (χ1n) is 9.61. The second-order valence-electron chi connectivity index (χ2n) is 6.57. The first-order valence-corrected chi connectivity index (χ1v) is 11.1. The highest BCUT2D eigenvalue weighted by atomic mass is 32.2. The maximum absolute atomic E-state index is 12.5. The van der Waals surface area contributed by atoms with Crippen molar-refractivity contribution in [3.63, 3.8) is 0 Å². The van der Waals surface area contributed by atoms with Crippen molar-refractivity contribution < 1.29 is 27.5 Å². The van der Waals surface area contributed by atoms with Crippen LogP contribution in [0.15, 0.2) is 29.2 Å². The molecule has 0 aliphatic carbocycles. The molecule has 0 unspecified atom stereocenters. The van der Waals surface area contributed by atoms with Gasteiger partial charge in [0.15, 0.2) is 6.61 Å². The highest BCUT2D eigenvalue weighted by molar-refractivity contribution is 7.89. The standard InChI is InChI=1S/C19H27N3O6S/c1-3-20-17(23)13-21(4-2)18(24)14-28-19(25)15-7-9-16(10-8-15)29(26,27)22-11-5-6-12-22/h7-10H,3-6,11-14H2,1-2H3,(H,20,23). The molecule has 0 radical (unpaired) electrons. The van der Waals surface area contributed by atoms with Gasteiger partial charge in [0.1, 0.15) is 0 Å². The molecular weight excluding hydrogens is 398 g/mol. The summed E-state index contributed by atoms with van der Waals surface area (Å²) in [5.74, 6) is -1.51.